The van der Waals surface area contributed by atoms with Crippen molar-refractivity contribution in [2.24, 2.45) is 17.1 Å². The molecule has 0 aliphatic heterocycles. The van der Waals surface area contributed by atoms with Crippen LogP contribution in [-0.2, 0) is 4.79 Å². The first-order valence-electron chi connectivity index (χ1n) is 6.73. The van der Waals surface area contributed by atoms with E-state index in [9.17, 15) is 9.90 Å². The van der Waals surface area contributed by atoms with Crippen molar-refractivity contribution in [3.8, 4) is 5.75 Å². The molecule has 1 aromatic heterocycles. The van der Waals surface area contributed by atoms with Gasteiger partial charge in [-0.25, -0.2) is 4.98 Å². The van der Waals surface area contributed by atoms with Crippen LogP contribution in [0.5, 0.6) is 5.75 Å². The van der Waals surface area contributed by atoms with E-state index in [2.05, 4.69) is 17.2 Å². The number of aromatic hydroxyl groups is 1. The number of carbonyl (C=O) groups excluding carboxylic acids is 1. The Balaban J connectivity index is 2.12. The van der Waals surface area contributed by atoms with E-state index in [0.717, 1.165) is 25.7 Å². The Morgan fingerprint density at radius 3 is 2.84 bits per heavy atom. The largest absolute Gasteiger partial charge is 0.504 e. The molecule has 104 valence electrons. The Labute approximate surface area is 113 Å². The fourth-order valence-electron chi connectivity index (χ4n) is 2.57. The SMILES string of the molecule is CC1CCC(CN)(C(=O)Nc2ncccc2O)CC1. The van der Waals surface area contributed by atoms with Crippen molar-refractivity contribution in [3.05, 3.63) is 18.3 Å². The summed E-state index contributed by atoms with van der Waals surface area (Å²) in [6.07, 6.45) is 5.15. The highest BCUT2D eigenvalue weighted by Crippen LogP contribution is 2.39. The minimum atomic E-state index is -0.517. The van der Waals surface area contributed by atoms with Gasteiger partial charge in [0.2, 0.25) is 5.91 Å². The summed E-state index contributed by atoms with van der Waals surface area (Å²) in [4.78, 5) is 16.4. The van der Waals surface area contributed by atoms with Crippen LogP contribution in [-0.4, -0.2) is 22.5 Å². The lowest BCUT2D eigenvalue weighted by molar-refractivity contribution is -0.127. The third kappa shape index (κ3) is 2.87. The number of pyridine rings is 1. The number of hydrogen-bond donors (Lipinski definition) is 3. The quantitative estimate of drug-likeness (QED) is 0.777. The second-order valence-electron chi connectivity index (χ2n) is 5.49. The van der Waals surface area contributed by atoms with E-state index < -0.39 is 5.41 Å². The molecule has 1 aliphatic rings. The Bertz CT molecular complexity index is 454. The van der Waals surface area contributed by atoms with Crippen LogP contribution in [0.4, 0.5) is 5.82 Å². The normalized spacial score (nSPS) is 26.9. The maximum absolute atomic E-state index is 12.4. The number of rotatable bonds is 3. The van der Waals surface area contributed by atoms with E-state index >= 15 is 0 Å². The number of hydrogen-bond acceptors (Lipinski definition) is 4. The van der Waals surface area contributed by atoms with Crippen LogP contribution in [0.2, 0.25) is 0 Å². The molecular formula is C14H21N3O2. The predicted molar refractivity (Wildman–Crippen MR) is 73.7 cm³/mol. The minimum absolute atomic E-state index is 0.0211. The van der Waals surface area contributed by atoms with E-state index in [1.54, 1.807) is 6.07 Å². The summed E-state index contributed by atoms with van der Waals surface area (Å²) in [6.45, 7) is 2.53. The Kier molecular flexibility index (Phi) is 4.04. The van der Waals surface area contributed by atoms with E-state index in [0.29, 0.717) is 12.5 Å². The molecule has 19 heavy (non-hydrogen) atoms. The molecule has 1 amide bonds. The molecule has 1 saturated carbocycles. The smallest absolute Gasteiger partial charge is 0.233 e. The number of nitrogens with two attached hydrogens (primary N) is 1. The second kappa shape index (κ2) is 5.57. The molecule has 1 aliphatic carbocycles. The second-order valence-corrected chi connectivity index (χ2v) is 5.49. The monoisotopic (exact) mass is 263 g/mol. The average molecular weight is 263 g/mol. The molecule has 5 nitrogen and oxygen atoms in total. The van der Waals surface area contributed by atoms with Gasteiger partial charge in [-0.05, 0) is 43.7 Å². The lowest BCUT2D eigenvalue weighted by Crippen LogP contribution is -2.45. The molecule has 4 N–H and O–H groups in total. The topological polar surface area (TPSA) is 88.2 Å². The van der Waals surface area contributed by atoms with E-state index in [1.807, 2.05) is 0 Å². The first-order valence-corrected chi connectivity index (χ1v) is 6.73. The van der Waals surface area contributed by atoms with Gasteiger partial charge < -0.3 is 16.2 Å². The van der Waals surface area contributed by atoms with Crippen LogP contribution in [0, 0.1) is 11.3 Å². The molecule has 2 rings (SSSR count). The lowest BCUT2D eigenvalue weighted by Gasteiger charge is -2.36. The van der Waals surface area contributed by atoms with Crippen molar-refractivity contribution in [1.82, 2.24) is 4.98 Å². The van der Waals surface area contributed by atoms with Gasteiger partial charge in [-0.15, -0.1) is 0 Å². The molecule has 1 heterocycles. The molecule has 0 spiro atoms. The molecule has 0 unspecified atom stereocenters. The molecule has 1 fully saturated rings. The van der Waals surface area contributed by atoms with Crippen molar-refractivity contribution in [2.45, 2.75) is 32.6 Å². The van der Waals surface area contributed by atoms with Crippen molar-refractivity contribution in [2.75, 3.05) is 11.9 Å². The summed E-state index contributed by atoms with van der Waals surface area (Å²) in [7, 11) is 0. The van der Waals surface area contributed by atoms with Gasteiger partial charge in [-0.2, -0.15) is 0 Å². The van der Waals surface area contributed by atoms with Gasteiger partial charge in [0.25, 0.3) is 0 Å². The van der Waals surface area contributed by atoms with Crippen LogP contribution >= 0.6 is 0 Å². The standard InChI is InChI=1S/C14H21N3O2/c1-10-4-6-14(9-15,7-5-10)13(19)17-12-11(18)3-2-8-16-12/h2-3,8,10,18H,4-7,9,15H2,1H3,(H,16,17,19). The lowest BCUT2D eigenvalue weighted by atomic mass is 9.70. The molecule has 0 aromatic carbocycles. The molecular weight excluding hydrogens is 242 g/mol. The zero-order valence-corrected chi connectivity index (χ0v) is 11.2. The summed E-state index contributed by atoms with van der Waals surface area (Å²) in [5.74, 6) is 0.706. The van der Waals surface area contributed by atoms with Crippen LogP contribution < -0.4 is 11.1 Å². The van der Waals surface area contributed by atoms with E-state index in [1.165, 1.54) is 12.3 Å². The summed E-state index contributed by atoms with van der Waals surface area (Å²) in [5, 5.41) is 12.4. The van der Waals surface area contributed by atoms with Gasteiger partial charge in [0.15, 0.2) is 11.6 Å². The van der Waals surface area contributed by atoms with Gasteiger partial charge in [0.05, 0.1) is 5.41 Å². The number of nitrogens with one attached hydrogen (secondary N) is 1. The van der Waals surface area contributed by atoms with Gasteiger partial charge in [-0.1, -0.05) is 6.92 Å². The maximum atomic E-state index is 12.4. The fourth-order valence-corrected chi connectivity index (χ4v) is 2.57. The van der Waals surface area contributed by atoms with Crippen molar-refractivity contribution in [1.29, 1.82) is 0 Å². The van der Waals surface area contributed by atoms with Gasteiger partial charge in [-0.3, -0.25) is 4.79 Å². The third-order valence-corrected chi connectivity index (χ3v) is 4.12. The zero-order chi connectivity index (χ0) is 13.9. The highest BCUT2D eigenvalue weighted by Gasteiger charge is 2.40. The molecule has 1 aromatic rings. The number of amides is 1. The molecule has 0 bridgehead atoms. The predicted octanol–water partition coefficient (Wildman–Crippen LogP) is 1.88. The van der Waals surface area contributed by atoms with E-state index in [4.69, 9.17) is 5.73 Å². The van der Waals surface area contributed by atoms with Gasteiger partial charge in [0, 0.05) is 12.7 Å². The number of anilines is 1. The zero-order valence-electron chi connectivity index (χ0n) is 11.2. The summed E-state index contributed by atoms with van der Waals surface area (Å²) >= 11 is 0. The van der Waals surface area contributed by atoms with Gasteiger partial charge >= 0.3 is 0 Å². The molecule has 0 saturated heterocycles. The highest BCUT2D eigenvalue weighted by molar-refractivity contribution is 5.95. The van der Waals surface area contributed by atoms with Crippen molar-refractivity contribution < 1.29 is 9.90 Å². The van der Waals surface area contributed by atoms with E-state index in [-0.39, 0.29) is 17.5 Å². The molecule has 0 radical (unpaired) electrons. The average Bonchev–Trinajstić information content (AvgIpc) is 2.42. The number of carbonyl (C=O) groups is 1. The summed E-state index contributed by atoms with van der Waals surface area (Å²) in [6, 6.07) is 3.12. The van der Waals surface area contributed by atoms with Crippen molar-refractivity contribution in [3.63, 3.8) is 0 Å². The number of nitrogens with zero attached hydrogens (tertiary/aromatic N) is 1. The molecule has 5 heteroatoms. The Morgan fingerprint density at radius 1 is 1.58 bits per heavy atom. The third-order valence-electron chi connectivity index (χ3n) is 4.12. The number of aromatic nitrogens is 1. The fraction of sp³-hybridized carbons (Fsp3) is 0.571. The van der Waals surface area contributed by atoms with Gasteiger partial charge in [0.1, 0.15) is 0 Å². The highest BCUT2D eigenvalue weighted by atomic mass is 16.3. The summed E-state index contributed by atoms with van der Waals surface area (Å²) in [5.41, 5.74) is 5.32. The first-order chi connectivity index (χ1) is 9.07. The van der Waals surface area contributed by atoms with Crippen LogP contribution in [0.15, 0.2) is 18.3 Å². The maximum Gasteiger partial charge on any atom is 0.233 e. The van der Waals surface area contributed by atoms with Crippen LogP contribution in [0.25, 0.3) is 0 Å². The summed E-state index contributed by atoms with van der Waals surface area (Å²) < 4.78 is 0. The van der Waals surface area contributed by atoms with Crippen molar-refractivity contribution >= 4 is 11.7 Å². The van der Waals surface area contributed by atoms with Crippen LogP contribution in [0.3, 0.4) is 0 Å². The Morgan fingerprint density at radius 2 is 2.26 bits per heavy atom. The molecule has 0 atom stereocenters. The van der Waals surface area contributed by atoms with Crippen LogP contribution in [0.1, 0.15) is 32.6 Å². The first kappa shape index (κ1) is 13.8. The minimum Gasteiger partial charge on any atom is -0.504 e. The Hall–Kier alpha value is -1.62.